The third-order valence-electron chi connectivity index (χ3n) is 4.12. The summed E-state index contributed by atoms with van der Waals surface area (Å²) < 4.78 is 5.28. The molecule has 1 aliphatic rings. The first kappa shape index (κ1) is 15.7. The summed E-state index contributed by atoms with van der Waals surface area (Å²) in [5.41, 5.74) is 0.800. The highest BCUT2D eigenvalue weighted by Gasteiger charge is 2.30. The standard InChI is InChI=1S/C17H24O4/c1-12-11-14(21-17(12)20)9-5-3-2-4-7-13-8-6-10-15(18)16(13)19/h6,8,10,12,14,18-19H,2-5,7,9,11H2,1H3/t12-,14-/m0/s1. The lowest BCUT2D eigenvalue weighted by Gasteiger charge is -2.09. The number of para-hydroxylation sites is 1. The van der Waals surface area contributed by atoms with Crippen molar-refractivity contribution in [1.29, 1.82) is 0 Å². The number of phenols is 2. The van der Waals surface area contributed by atoms with E-state index in [9.17, 15) is 15.0 Å². The molecule has 2 N–H and O–H groups in total. The number of ether oxygens (including phenoxy) is 1. The average Bonchev–Trinajstić information content (AvgIpc) is 2.77. The number of aromatic hydroxyl groups is 2. The van der Waals surface area contributed by atoms with Crippen LogP contribution in [0.3, 0.4) is 0 Å². The van der Waals surface area contributed by atoms with Crippen LogP contribution in [0.1, 0.15) is 51.0 Å². The minimum Gasteiger partial charge on any atom is -0.504 e. The van der Waals surface area contributed by atoms with Crippen LogP contribution in [0.15, 0.2) is 18.2 Å². The highest BCUT2D eigenvalue weighted by Crippen LogP contribution is 2.29. The van der Waals surface area contributed by atoms with Gasteiger partial charge in [0, 0.05) is 0 Å². The van der Waals surface area contributed by atoms with Gasteiger partial charge < -0.3 is 14.9 Å². The van der Waals surface area contributed by atoms with E-state index in [1.54, 1.807) is 6.07 Å². The summed E-state index contributed by atoms with van der Waals surface area (Å²) in [5, 5.41) is 19.1. The molecule has 0 unspecified atom stereocenters. The monoisotopic (exact) mass is 292 g/mol. The van der Waals surface area contributed by atoms with Crippen LogP contribution in [-0.4, -0.2) is 22.3 Å². The van der Waals surface area contributed by atoms with Gasteiger partial charge in [0.05, 0.1) is 5.92 Å². The van der Waals surface area contributed by atoms with Gasteiger partial charge in [-0.05, 0) is 43.7 Å². The molecule has 0 bridgehead atoms. The molecular weight excluding hydrogens is 268 g/mol. The van der Waals surface area contributed by atoms with Crippen LogP contribution in [0.2, 0.25) is 0 Å². The Morgan fingerprint density at radius 1 is 1.19 bits per heavy atom. The van der Waals surface area contributed by atoms with E-state index in [4.69, 9.17) is 4.74 Å². The highest BCUT2D eigenvalue weighted by molar-refractivity contribution is 5.74. The first-order valence-electron chi connectivity index (χ1n) is 7.78. The molecule has 0 aliphatic carbocycles. The maximum Gasteiger partial charge on any atom is 0.309 e. The number of benzene rings is 1. The van der Waals surface area contributed by atoms with Gasteiger partial charge in [0.15, 0.2) is 11.5 Å². The highest BCUT2D eigenvalue weighted by atomic mass is 16.5. The Bertz CT molecular complexity index is 484. The van der Waals surface area contributed by atoms with Gasteiger partial charge in [0.25, 0.3) is 0 Å². The van der Waals surface area contributed by atoms with Gasteiger partial charge in [0.2, 0.25) is 0 Å². The van der Waals surface area contributed by atoms with Crippen LogP contribution in [0.5, 0.6) is 11.5 Å². The maximum atomic E-state index is 11.3. The predicted molar refractivity (Wildman–Crippen MR) is 80.2 cm³/mol. The Balaban J connectivity index is 1.58. The van der Waals surface area contributed by atoms with Crippen molar-refractivity contribution in [3.8, 4) is 11.5 Å². The number of carbonyl (C=O) groups is 1. The Kier molecular flexibility index (Phi) is 5.48. The summed E-state index contributed by atoms with van der Waals surface area (Å²) in [4.78, 5) is 11.3. The fourth-order valence-electron chi connectivity index (χ4n) is 2.82. The topological polar surface area (TPSA) is 66.8 Å². The number of phenolic OH excluding ortho intramolecular Hbond substituents is 2. The van der Waals surface area contributed by atoms with E-state index in [2.05, 4.69) is 0 Å². The number of carbonyl (C=O) groups excluding carboxylic acids is 1. The molecule has 0 radical (unpaired) electrons. The van der Waals surface area contributed by atoms with Gasteiger partial charge in [0.1, 0.15) is 6.10 Å². The lowest BCUT2D eigenvalue weighted by atomic mass is 10.0. The van der Waals surface area contributed by atoms with E-state index in [1.165, 1.54) is 6.07 Å². The van der Waals surface area contributed by atoms with E-state index < -0.39 is 0 Å². The minimum absolute atomic E-state index is 0.00403. The SMILES string of the molecule is C[C@H]1C[C@H](CCCCCCc2cccc(O)c2O)OC1=O. The van der Waals surface area contributed by atoms with Crippen LogP contribution in [0.25, 0.3) is 0 Å². The van der Waals surface area contributed by atoms with Crippen LogP contribution < -0.4 is 0 Å². The predicted octanol–water partition coefficient (Wildman–Crippen LogP) is 3.54. The molecule has 1 aromatic carbocycles. The first-order valence-corrected chi connectivity index (χ1v) is 7.78. The molecule has 1 aliphatic heterocycles. The summed E-state index contributed by atoms with van der Waals surface area (Å²) in [6.45, 7) is 1.92. The molecule has 4 heteroatoms. The number of cyclic esters (lactones) is 1. The van der Waals surface area contributed by atoms with Gasteiger partial charge >= 0.3 is 5.97 Å². The zero-order chi connectivity index (χ0) is 15.2. The second-order valence-electron chi connectivity index (χ2n) is 5.93. The van der Waals surface area contributed by atoms with E-state index in [0.717, 1.165) is 50.5 Å². The van der Waals surface area contributed by atoms with Gasteiger partial charge in [-0.15, -0.1) is 0 Å². The molecule has 2 atom stereocenters. The molecule has 0 amide bonds. The molecule has 0 spiro atoms. The van der Waals surface area contributed by atoms with E-state index in [-0.39, 0.29) is 29.5 Å². The van der Waals surface area contributed by atoms with Crippen molar-refractivity contribution in [3.63, 3.8) is 0 Å². The zero-order valence-corrected chi connectivity index (χ0v) is 12.5. The summed E-state index contributed by atoms with van der Waals surface area (Å²) in [7, 11) is 0. The summed E-state index contributed by atoms with van der Waals surface area (Å²) >= 11 is 0. The summed E-state index contributed by atoms with van der Waals surface area (Å²) in [6, 6.07) is 5.08. The van der Waals surface area contributed by atoms with Crippen LogP contribution >= 0.6 is 0 Å². The van der Waals surface area contributed by atoms with E-state index in [0.29, 0.717) is 0 Å². The largest absolute Gasteiger partial charge is 0.504 e. The number of esters is 1. The number of rotatable bonds is 7. The number of unbranched alkanes of at least 4 members (excludes halogenated alkanes) is 3. The second kappa shape index (κ2) is 7.34. The number of aryl methyl sites for hydroxylation is 1. The Morgan fingerprint density at radius 3 is 2.67 bits per heavy atom. The van der Waals surface area contributed by atoms with Crippen molar-refractivity contribution in [2.45, 2.75) is 58.0 Å². The molecule has 0 saturated carbocycles. The summed E-state index contributed by atoms with van der Waals surface area (Å²) in [6.07, 6.45) is 6.92. The normalized spacial score (nSPS) is 21.5. The molecule has 1 heterocycles. The van der Waals surface area contributed by atoms with Gasteiger partial charge in [-0.3, -0.25) is 4.79 Å². The maximum absolute atomic E-state index is 11.3. The lowest BCUT2D eigenvalue weighted by Crippen LogP contribution is -2.06. The molecule has 1 aromatic rings. The summed E-state index contributed by atoms with van der Waals surface area (Å²) in [5.74, 6) is -0.0443. The molecule has 4 nitrogen and oxygen atoms in total. The molecular formula is C17H24O4. The molecule has 1 saturated heterocycles. The molecule has 2 rings (SSSR count). The van der Waals surface area contributed by atoms with Gasteiger partial charge in [-0.1, -0.05) is 31.9 Å². The third-order valence-corrected chi connectivity index (χ3v) is 4.12. The molecule has 21 heavy (non-hydrogen) atoms. The quantitative estimate of drug-likeness (QED) is 0.458. The molecule has 0 aromatic heterocycles. The van der Waals surface area contributed by atoms with Crippen molar-refractivity contribution in [2.24, 2.45) is 5.92 Å². The average molecular weight is 292 g/mol. The molecule has 1 fully saturated rings. The fraction of sp³-hybridized carbons (Fsp3) is 0.588. The van der Waals surface area contributed by atoms with Crippen molar-refractivity contribution in [1.82, 2.24) is 0 Å². The number of hydrogen-bond donors (Lipinski definition) is 2. The minimum atomic E-state index is -0.0561. The Morgan fingerprint density at radius 2 is 1.95 bits per heavy atom. The second-order valence-corrected chi connectivity index (χ2v) is 5.93. The van der Waals surface area contributed by atoms with Crippen molar-refractivity contribution in [2.75, 3.05) is 0 Å². The fourth-order valence-corrected chi connectivity index (χ4v) is 2.82. The van der Waals surface area contributed by atoms with Crippen LogP contribution in [0, 0.1) is 5.92 Å². The lowest BCUT2D eigenvalue weighted by molar-refractivity contribution is -0.144. The van der Waals surface area contributed by atoms with E-state index in [1.807, 2.05) is 13.0 Å². The number of hydrogen-bond acceptors (Lipinski definition) is 4. The van der Waals surface area contributed by atoms with Gasteiger partial charge in [-0.2, -0.15) is 0 Å². The zero-order valence-electron chi connectivity index (χ0n) is 12.5. The Hall–Kier alpha value is -1.71. The van der Waals surface area contributed by atoms with E-state index >= 15 is 0 Å². The van der Waals surface area contributed by atoms with Crippen molar-refractivity contribution >= 4 is 5.97 Å². The van der Waals surface area contributed by atoms with Crippen molar-refractivity contribution in [3.05, 3.63) is 23.8 Å². The van der Waals surface area contributed by atoms with Gasteiger partial charge in [-0.25, -0.2) is 0 Å². The smallest absolute Gasteiger partial charge is 0.309 e. The van der Waals surface area contributed by atoms with Crippen molar-refractivity contribution < 1.29 is 19.7 Å². The van der Waals surface area contributed by atoms with Crippen LogP contribution in [-0.2, 0) is 16.0 Å². The Labute approximate surface area is 125 Å². The first-order chi connectivity index (χ1) is 10.1. The third kappa shape index (κ3) is 4.38. The van der Waals surface area contributed by atoms with Crippen LogP contribution in [0.4, 0.5) is 0 Å². The molecule has 116 valence electrons.